The number of carboxylic acids is 1. The summed E-state index contributed by atoms with van der Waals surface area (Å²) in [5, 5.41) is 23.4. The summed E-state index contributed by atoms with van der Waals surface area (Å²) in [7, 11) is 0. The van der Waals surface area contributed by atoms with Gasteiger partial charge >= 0.3 is 29.6 Å². The van der Waals surface area contributed by atoms with Gasteiger partial charge in [0.1, 0.15) is 5.82 Å². The Kier molecular flexibility index (Phi) is 6.82. The van der Waals surface area contributed by atoms with E-state index in [1.807, 2.05) is 9.47 Å². The van der Waals surface area contributed by atoms with Crippen LogP contribution < -0.4 is 50.3 Å². The number of rotatable bonds is 7. The molecule has 158 valence electrons. The molecule has 0 radical (unpaired) electrons. The van der Waals surface area contributed by atoms with E-state index in [1.165, 1.54) is 12.3 Å². The molecule has 9 heteroatoms. The minimum atomic E-state index is -1.54. The number of fused-ring (bicyclic) bond motifs is 1. The van der Waals surface area contributed by atoms with Crippen molar-refractivity contribution < 1.29 is 43.8 Å². The zero-order chi connectivity index (χ0) is 21.6. The van der Waals surface area contributed by atoms with Gasteiger partial charge in [-0.15, -0.1) is 0 Å². The van der Waals surface area contributed by atoms with Crippen LogP contribution in [0.15, 0.2) is 17.1 Å². The number of aromatic carboxylic acids is 1. The first-order valence-electron chi connectivity index (χ1n) is 10.2. The van der Waals surface area contributed by atoms with Crippen molar-refractivity contribution in [3.8, 4) is 6.07 Å². The fraction of sp³-hybridized carbons (Fsp3) is 0.500. The number of carbonyl (C=O) groups is 1. The van der Waals surface area contributed by atoms with E-state index in [0.717, 1.165) is 19.4 Å². The van der Waals surface area contributed by atoms with E-state index in [2.05, 4.69) is 18.3 Å². The van der Waals surface area contributed by atoms with Crippen LogP contribution in [-0.2, 0) is 0 Å². The van der Waals surface area contributed by atoms with Gasteiger partial charge < -0.3 is 24.7 Å². The number of hydrogen-bond acceptors (Lipinski definition) is 6. The zero-order valence-electron chi connectivity index (χ0n) is 18.1. The Bertz CT molecular complexity index is 1130. The smallest absolute Gasteiger partial charge is 0.545 e. The van der Waals surface area contributed by atoms with Gasteiger partial charge in [-0.1, -0.05) is 6.92 Å². The Balaban J connectivity index is 0.00000272. The molecule has 0 atom stereocenters. The van der Waals surface area contributed by atoms with Crippen molar-refractivity contribution in [3.63, 3.8) is 0 Å². The number of aromatic nitrogens is 1. The molecule has 1 saturated carbocycles. The van der Waals surface area contributed by atoms with Crippen LogP contribution in [-0.4, -0.2) is 36.7 Å². The molecule has 31 heavy (non-hydrogen) atoms. The first-order chi connectivity index (χ1) is 14.3. The number of nitrogens with zero attached hydrogens (tertiary/aromatic N) is 3. The van der Waals surface area contributed by atoms with Crippen LogP contribution in [0.3, 0.4) is 0 Å². The normalized spacial score (nSPS) is 17.0. The number of anilines is 1. The van der Waals surface area contributed by atoms with Gasteiger partial charge in [-0.05, 0) is 31.4 Å². The molecule has 0 unspecified atom stereocenters. The van der Waals surface area contributed by atoms with E-state index < -0.39 is 22.8 Å². The summed E-state index contributed by atoms with van der Waals surface area (Å²) in [5.41, 5.74) is 0.555. The van der Waals surface area contributed by atoms with Crippen LogP contribution in [0, 0.1) is 29.5 Å². The largest absolute Gasteiger partial charge is 1.00 e. The summed E-state index contributed by atoms with van der Waals surface area (Å²) in [6.45, 7) is 6.58. The van der Waals surface area contributed by atoms with Crippen LogP contribution in [0.1, 0.15) is 48.1 Å². The summed E-state index contributed by atoms with van der Waals surface area (Å²) in [6, 6.07) is 3.39. The number of halogens is 1. The number of nitriles is 1. The van der Waals surface area contributed by atoms with Crippen molar-refractivity contribution in [1.29, 1.82) is 5.26 Å². The molecule has 2 heterocycles. The zero-order valence-corrected chi connectivity index (χ0v) is 20.1. The van der Waals surface area contributed by atoms with E-state index in [0.29, 0.717) is 42.8 Å². The fourth-order valence-electron chi connectivity index (χ4n) is 4.52. The van der Waals surface area contributed by atoms with Gasteiger partial charge in [-0.25, -0.2) is 4.39 Å². The van der Waals surface area contributed by atoms with Gasteiger partial charge in [0.15, 0.2) is 5.43 Å². The maximum absolute atomic E-state index is 15.1. The molecular weight excluding hydrogens is 410 g/mol. The van der Waals surface area contributed by atoms with Crippen molar-refractivity contribution in [3.05, 3.63) is 39.4 Å². The molecule has 0 bridgehead atoms. The Morgan fingerprint density at radius 3 is 2.68 bits per heavy atom. The number of carbonyl (C=O) groups excluding carboxylic acids is 1. The van der Waals surface area contributed by atoms with Crippen LogP contribution in [0.4, 0.5) is 10.1 Å². The third-order valence-electron chi connectivity index (χ3n) is 6.07. The molecule has 2 aromatic rings. The standard InChI is InChI=1S/C22H25FN4O3.Na/c1-13-18-15(20(28)16(21(29)30)9-27(18)14-4-5-14)8-17(23)19(13)26-11-22(2,12-26)10-25-7-3-6-24;/h8-9,14,25H,3-5,7,10-12H2,1-2H3,(H,29,30);/q;+1/p-1. The van der Waals surface area contributed by atoms with Crippen LogP contribution in [0.2, 0.25) is 0 Å². The maximum Gasteiger partial charge on any atom is 1.00 e. The van der Waals surface area contributed by atoms with Gasteiger partial charge in [0.05, 0.1) is 28.8 Å². The Morgan fingerprint density at radius 2 is 2.10 bits per heavy atom. The quantitative estimate of drug-likeness (QED) is 0.420. The second kappa shape index (κ2) is 8.91. The van der Waals surface area contributed by atoms with Gasteiger partial charge in [-0.3, -0.25) is 4.79 Å². The molecule has 1 N–H and O–H groups in total. The summed E-state index contributed by atoms with van der Waals surface area (Å²) in [4.78, 5) is 26.0. The average molecular weight is 434 g/mol. The molecular formula is C22H24FN4NaO3. The van der Waals surface area contributed by atoms with Gasteiger partial charge in [0, 0.05) is 55.6 Å². The monoisotopic (exact) mass is 434 g/mol. The third-order valence-corrected chi connectivity index (χ3v) is 6.07. The molecule has 1 aliphatic carbocycles. The average Bonchev–Trinajstić information content (AvgIpc) is 3.49. The summed E-state index contributed by atoms with van der Waals surface area (Å²) >= 11 is 0. The predicted octanol–water partition coefficient (Wildman–Crippen LogP) is -1.52. The minimum absolute atomic E-state index is 0. The minimum Gasteiger partial charge on any atom is -0.545 e. The third kappa shape index (κ3) is 4.37. The molecule has 1 saturated heterocycles. The summed E-state index contributed by atoms with van der Waals surface area (Å²) in [6.07, 6.45) is 3.59. The number of pyridine rings is 1. The number of aryl methyl sites for hydroxylation is 1. The molecule has 1 aromatic heterocycles. The second-order valence-corrected chi connectivity index (χ2v) is 8.78. The first kappa shape index (κ1) is 23.7. The van der Waals surface area contributed by atoms with E-state index in [4.69, 9.17) is 5.26 Å². The number of carboxylic acid groups (broad SMARTS) is 1. The van der Waals surface area contributed by atoms with E-state index in [9.17, 15) is 14.7 Å². The first-order valence-corrected chi connectivity index (χ1v) is 10.2. The van der Waals surface area contributed by atoms with Crippen LogP contribution in [0.5, 0.6) is 0 Å². The van der Waals surface area contributed by atoms with Gasteiger partial charge in [0.2, 0.25) is 0 Å². The molecule has 4 rings (SSSR count). The molecule has 0 amide bonds. The summed E-state index contributed by atoms with van der Waals surface area (Å²) < 4.78 is 16.9. The molecule has 1 aromatic carbocycles. The van der Waals surface area contributed by atoms with Crippen LogP contribution in [0.25, 0.3) is 10.9 Å². The molecule has 2 fully saturated rings. The SMILES string of the molecule is Cc1c(N2CC(C)(CNCCC#N)C2)c(F)cc2c(=O)c(C(=O)[O-])cn(C3CC3)c12.[Na+]. The second-order valence-electron chi connectivity index (χ2n) is 8.78. The maximum atomic E-state index is 15.1. The number of hydrogen-bond donors (Lipinski definition) is 1. The van der Waals surface area contributed by atoms with Crippen molar-refractivity contribution in [1.82, 2.24) is 9.88 Å². The van der Waals surface area contributed by atoms with Gasteiger partial charge in [-0.2, -0.15) is 5.26 Å². The summed E-state index contributed by atoms with van der Waals surface area (Å²) in [5.74, 6) is -2.06. The van der Waals surface area contributed by atoms with Gasteiger partial charge in [0.25, 0.3) is 0 Å². The molecule has 1 aliphatic heterocycles. The predicted molar refractivity (Wildman–Crippen MR) is 109 cm³/mol. The Hall–Kier alpha value is -1.92. The topological polar surface area (TPSA) is 101 Å². The van der Waals surface area contributed by atoms with E-state index in [-0.39, 0.29) is 46.4 Å². The van der Waals surface area contributed by atoms with E-state index >= 15 is 4.39 Å². The van der Waals surface area contributed by atoms with Crippen molar-refractivity contribution in [2.75, 3.05) is 31.1 Å². The van der Waals surface area contributed by atoms with Crippen molar-refractivity contribution >= 4 is 22.6 Å². The Morgan fingerprint density at radius 1 is 1.42 bits per heavy atom. The fourth-order valence-corrected chi connectivity index (χ4v) is 4.52. The Labute approximate surface area is 202 Å². The number of nitrogens with one attached hydrogen (secondary N) is 1. The van der Waals surface area contributed by atoms with Crippen molar-refractivity contribution in [2.24, 2.45) is 5.41 Å². The molecule has 7 nitrogen and oxygen atoms in total. The molecule has 2 aliphatic rings. The number of benzene rings is 1. The molecule has 0 spiro atoms. The van der Waals surface area contributed by atoms with Crippen molar-refractivity contribution in [2.45, 2.75) is 39.2 Å². The van der Waals surface area contributed by atoms with E-state index in [1.54, 1.807) is 6.92 Å². The van der Waals surface area contributed by atoms with Crippen LogP contribution >= 0.6 is 0 Å².